The van der Waals surface area contributed by atoms with Crippen molar-refractivity contribution in [1.29, 1.82) is 0 Å². The molecule has 140 valence electrons. The molecule has 0 spiro atoms. The number of carboxylic acids is 1. The van der Waals surface area contributed by atoms with Crippen molar-refractivity contribution in [3.05, 3.63) is 0 Å². The number of nitrogens with one attached hydrogen (secondary N) is 1. The van der Waals surface area contributed by atoms with Gasteiger partial charge in [0, 0.05) is 0 Å². The van der Waals surface area contributed by atoms with Crippen LogP contribution in [0.5, 0.6) is 0 Å². The molecule has 1 heterocycles. The van der Waals surface area contributed by atoms with Crippen LogP contribution < -0.4 is 5.32 Å². The fourth-order valence-corrected chi connectivity index (χ4v) is 2.85. The number of ether oxygens (including phenoxy) is 1. The van der Waals surface area contributed by atoms with Gasteiger partial charge in [-0.2, -0.15) is 0 Å². The lowest BCUT2D eigenvalue weighted by Gasteiger charge is -2.31. The maximum atomic E-state index is 13.0. The summed E-state index contributed by atoms with van der Waals surface area (Å²) in [5.74, 6) is 1.02. The smallest absolute Gasteiger partial charge is 0.408 e. The van der Waals surface area contributed by atoms with Gasteiger partial charge in [-0.3, -0.25) is 4.79 Å². The Kier molecular flexibility index (Phi) is 6.86. The van der Waals surface area contributed by atoms with Crippen LogP contribution in [0.3, 0.4) is 0 Å². The van der Waals surface area contributed by atoms with Gasteiger partial charge in [-0.05, 0) is 46.0 Å². The number of aliphatic carboxylic acids is 1. The van der Waals surface area contributed by atoms with Crippen LogP contribution in [0.25, 0.3) is 0 Å². The number of hydrogen-bond donors (Lipinski definition) is 2. The summed E-state index contributed by atoms with van der Waals surface area (Å²) in [6.45, 7) is 8.99. The fourth-order valence-electron chi connectivity index (χ4n) is 2.85. The zero-order valence-corrected chi connectivity index (χ0v) is 15.5. The molecule has 25 heavy (non-hydrogen) atoms. The van der Waals surface area contributed by atoms with E-state index in [2.05, 4.69) is 11.2 Å². The Bertz CT molecular complexity index is 559. The number of likely N-dealkylation sites (tertiary alicyclic amines) is 1. The van der Waals surface area contributed by atoms with Gasteiger partial charge in [0.25, 0.3) is 0 Å². The quantitative estimate of drug-likeness (QED) is 0.738. The molecule has 3 atom stereocenters. The van der Waals surface area contributed by atoms with Crippen molar-refractivity contribution in [3.8, 4) is 12.3 Å². The van der Waals surface area contributed by atoms with Crippen molar-refractivity contribution < 1.29 is 24.2 Å². The van der Waals surface area contributed by atoms with Crippen LogP contribution in [-0.2, 0) is 14.3 Å². The topological polar surface area (TPSA) is 95.9 Å². The van der Waals surface area contributed by atoms with Gasteiger partial charge in [0.1, 0.15) is 17.7 Å². The number of nitrogens with zero attached hydrogens (tertiary/aromatic N) is 1. The summed E-state index contributed by atoms with van der Waals surface area (Å²) in [4.78, 5) is 37.7. The molecule has 0 aliphatic carbocycles. The second-order valence-electron chi connectivity index (χ2n) is 7.69. The number of terminal acetylenes is 1. The monoisotopic (exact) mass is 352 g/mol. The summed E-state index contributed by atoms with van der Waals surface area (Å²) in [6, 6.07) is -2.43. The van der Waals surface area contributed by atoms with Crippen molar-refractivity contribution in [1.82, 2.24) is 10.2 Å². The Hall–Kier alpha value is -2.23. The molecule has 1 aliphatic heterocycles. The SMILES string of the molecule is C#C[C@H]1CC[C@@H](C(=O)O)N1C(=O)[C@H](CC(C)C)NC(=O)OC(C)(C)C. The highest BCUT2D eigenvalue weighted by atomic mass is 16.6. The molecule has 1 aliphatic rings. The summed E-state index contributed by atoms with van der Waals surface area (Å²) < 4.78 is 5.21. The van der Waals surface area contributed by atoms with Crippen LogP contribution in [0.4, 0.5) is 4.79 Å². The van der Waals surface area contributed by atoms with Gasteiger partial charge in [0.2, 0.25) is 5.91 Å². The normalized spacial score (nSPS) is 21.6. The Morgan fingerprint density at radius 1 is 1.32 bits per heavy atom. The van der Waals surface area contributed by atoms with E-state index >= 15 is 0 Å². The molecular formula is C18H28N2O5. The largest absolute Gasteiger partial charge is 0.480 e. The van der Waals surface area contributed by atoms with E-state index < -0.39 is 41.7 Å². The van der Waals surface area contributed by atoms with Gasteiger partial charge in [0.05, 0.1) is 6.04 Å². The molecule has 0 bridgehead atoms. The summed E-state index contributed by atoms with van der Waals surface area (Å²) in [7, 11) is 0. The van der Waals surface area contributed by atoms with Gasteiger partial charge in [-0.1, -0.05) is 19.8 Å². The molecule has 0 unspecified atom stereocenters. The van der Waals surface area contributed by atoms with E-state index in [1.54, 1.807) is 20.8 Å². The third-order valence-electron chi connectivity index (χ3n) is 3.81. The van der Waals surface area contributed by atoms with E-state index in [0.717, 1.165) is 0 Å². The first-order valence-corrected chi connectivity index (χ1v) is 8.47. The van der Waals surface area contributed by atoms with E-state index in [9.17, 15) is 19.5 Å². The average molecular weight is 352 g/mol. The molecule has 2 N–H and O–H groups in total. The highest BCUT2D eigenvalue weighted by Crippen LogP contribution is 2.26. The second-order valence-corrected chi connectivity index (χ2v) is 7.69. The van der Waals surface area contributed by atoms with E-state index in [1.807, 2.05) is 13.8 Å². The summed E-state index contributed by atoms with van der Waals surface area (Å²) in [6.07, 6.45) is 5.84. The summed E-state index contributed by atoms with van der Waals surface area (Å²) in [5, 5.41) is 11.9. The number of carbonyl (C=O) groups is 3. The zero-order valence-electron chi connectivity index (χ0n) is 15.5. The highest BCUT2D eigenvalue weighted by molar-refractivity contribution is 5.90. The van der Waals surface area contributed by atoms with Crippen molar-refractivity contribution >= 4 is 18.0 Å². The van der Waals surface area contributed by atoms with Gasteiger partial charge in [0.15, 0.2) is 0 Å². The molecule has 7 nitrogen and oxygen atoms in total. The van der Waals surface area contributed by atoms with Crippen molar-refractivity contribution in [3.63, 3.8) is 0 Å². The maximum Gasteiger partial charge on any atom is 0.408 e. The van der Waals surface area contributed by atoms with E-state index in [1.165, 1.54) is 4.90 Å². The minimum absolute atomic E-state index is 0.110. The van der Waals surface area contributed by atoms with Crippen LogP contribution in [0.1, 0.15) is 53.9 Å². The number of carboxylic acid groups (broad SMARTS) is 1. The molecule has 0 radical (unpaired) electrons. The van der Waals surface area contributed by atoms with Crippen LogP contribution in [0.2, 0.25) is 0 Å². The Morgan fingerprint density at radius 3 is 2.36 bits per heavy atom. The first-order valence-electron chi connectivity index (χ1n) is 8.47. The van der Waals surface area contributed by atoms with Gasteiger partial charge in [-0.25, -0.2) is 9.59 Å². The first-order chi connectivity index (χ1) is 11.5. The van der Waals surface area contributed by atoms with Crippen LogP contribution in [0, 0.1) is 18.3 Å². The standard InChI is InChI=1S/C18H28N2O5/c1-7-12-8-9-14(16(22)23)20(12)15(21)13(10-11(2)3)19-17(24)25-18(4,5)6/h1,11-14H,8-10H2,2-6H3,(H,19,24)(H,22,23)/t12-,13-,14-/m0/s1. The van der Waals surface area contributed by atoms with Gasteiger partial charge < -0.3 is 20.1 Å². The maximum absolute atomic E-state index is 13.0. The molecule has 0 aromatic rings. The lowest BCUT2D eigenvalue weighted by atomic mass is 10.0. The van der Waals surface area contributed by atoms with Gasteiger partial charge >= 0.3 is 12.1 Å². The molecule has 0 aromatic carbocycles. The van der Waals surface area contributed by atoms with Crippen LogP contribution in [-0.4, -0.2) is 51.7 Å². The van der Waals surface area contributed by atoms with Crippen LogP contribution in [0.15, 0.2) is 0 Å². The van der Waals surface area contributed by atoms with Crippen LogP contribution >= 0.6 is 0 Å². The van der Waals surface area contributed by atoms with Gasteiger partial charge in [-0.15, -0.1) is 6.42 Å². The average Bonchev–Trinajstić information content (AvgIpc) is 2.87. The predicted molar refractivity (Wildman–Crippen MR) is 92.7 cm³/mol. The Morgan fingerprint density at radius 2 is 1.92 bits per heavy atom. The molecule has 7 heteroatoms. The number of rotatable bonds is 5. The molecule has 1 saturated heterocycles. The Labute approximate surface area is 149 Å². The number of alkyl carbamates (subject to hydrolysis) is 1. The minimum atomic E-state index is -1.09. The van der Waals surface area contributed by atoms with Crippen molar-refractivity contribution in [2.45, 2.75) is 77.6 Å². The van der Waals surface area contributed by atoms with Crippen molar-refractivity contribution in [2.24, 2.45) is 5.92 Å². The number of carbonyl (C=O) groups excluding carboxylic acids is 2. The molecule has 1 fully saturated rings. The highest BCUT2D eigenvalue weighted by Gasteiger charge is 2.43. The van der Waals surface area contributed by atoms with E-state index in [4.69, 9.17) is 11.2 Å². The third-order valence-corrected chi connectivity index (χ3v) is 3.81. The van der Waals surface area contributed by atoms with E-state index in [0.29, 0.717) is 19.3 Å². The molecule has 1 rings (SSSR count). The summed E-state index contributed by atoms with van der Waals surface area (Å²) in [5.41, 5.74) is -0.700. The first kappa shape index (κ1) is 20.8. The predicted octanol–water partition coefficient (Wildman–Crippen LogP) is 2.00. The zero-order chi connectivity index (χ0) is 19.4. The number of hydrogen-bond acceptors (Lipinski definition) is 4. The molecule has 0 saturated carbocycles. The minimum Gasteiger partial charge on any atom is -0.480 e. The lowest BCUT2D eigenvalue weighted by Crippen LogP contribution is -2.54. The Balaban J connectivity index is 3.00. The number of amides is 2. The fraction of sp³-hybridized carbons (Fsp3) is 0.722. The summed E-state index contributed by atoms with van der Waals surface area (Å²) >= 11 is 0. The molecular weight excluding hydrogens is 324 g/mol. The third kappa shape index (κ3) is 5.96. The second kappa shape index (κ2) is 8.24. The molecule has 2 amide bonds. The molecule has 0 aromatic heterocycles. The van der Waals surface area contributed by atoms with E-state index in [-0.39, 0.29) is 5.92 Å². The lowest BCUT2D eigenvalue weighted by molar-refractivity contribution is -0.150. The van der Waals surface area contributed by atoms with Crippen molar-refractivity contribution in [2.75, 3.05) is 0 Å².